The van der Waals surface area contributed by atoms with Gasteiger partial charge in [-0.05, 0) is 18.8 Å². The molecule has 0 aromatic carbocycles. The Balaban J connectivity index is 1.94. The van der Waals surface area contributed by atoms with Crippen molar-refractivity contribution in [1.29, 1.82) is 0 Å². The zero-order valence-electron chi connectivity index (χ0n) is 10.2. The minimum Gasteiger partial charge on any atom is -0.480 e. The largest absolute Gasteiger partial charge is 0.480 e. The lowest BCUT2D eigenvalue weighted by atomic mass is 9.85. The van der Waals surface area contributed by atoms with Crippen molar-refractivity contribution in [3.63, 3.8) is 0 Å². The zero-order chi connectivity index (χ0) is 13.1. The third-order valence-corrected chi connectivity index (χ3v) is 3.16. The molecule has 2 rings (SSSR count). The van der Waals surface area contributed by atoms with E-state index in [1.54, 1.807) is 11.9 Å². The summed E-state index contributed by atoms with van der Waals surface area (Å²) in [4.78, 5) is 24.1. The Morgan fingerprint density at radius 1 is 1.56 bits per heavy atom. The molecule has 98 valence electrons. The number of nitrogens with zero attached hydrogens (tertiary/aromatic N) is 4. The molecule has 1 aromatic heterocycles. The number of rotatable bonds is 5. The van der Waals surface area contributed by atoms with Crippen LogP contribution in [0.25, 0.3) is 0 Å². The van der Waals surface area contributed by atoms with Gasteiger partial charge < -0.3 is 10.0 Å². The summed E-state index contributed by atoms with van der Waals surface area (Å²) in [6, 6.07) is 0. The van der Waals surface area contributed by atoms with Crippen LogP contribution in [0.3, 0.4) is 0 Å². The van der Waals surface area contributed by atoms with Crippen LogP contribution in [-0.4, -0.2) is 50.5 Å². The standard InChI is InChI=1S/C11H16N4O3/c1-14(5-8-3-2-4-8)11(18)9-6-15(13-12-9)7-10(16)17/h6,8H,2-5,7H2,1H3,(H,16,17). The van der Waals surface area contributed by atoms with Gasteiger partial charge in [0.05, 0.1) is 6.20 Å². The number of hydrogen-bond donors (Lipinski definition) is 1. The molecule has 1 heterocycles. The molecule has 0 unspecified atom stereocenters. The second kappa shape index (κ2) is 5.16. The van der Waals surface area contributed by atoms with Crippen LogP contribution in [0.5, 0.6) is 0 Å². The summed E-state index contributed by atoms with van der Waals surface area (Å²) in [6.07, 6.45) is 4.95. The van der Waals surface area contributed by atoms with Crippen LogP contribution >= 0.6 is 0 Å². The number of aromatic nitrogens is 3. The van der Waals surface area contributed by atoms with Gasteiger partial charge in [0.2, 0.25) is 0 Å². The van der Waals surface area contributed by atoms with E-state index in [1.807, 2.05) is 0 Å². The number of carbonyl (C=O) groups excluding carboxylic acids is 1. The second-order valence-electron chi connectivity index (χ2n) is 4.68. The van der Waals surface area contributed by atoms with Crippen molar-refractivity contribution in [3.05, 3.63) is 11.9 Å². The van der Waals surface area contributed by atoms with Crippen LogP contribution in [0.4, 0.5) is 0 Å². The predicted molar refractivity (Wildman–Crippen MR) is 62.0 cm³/mol. The average Bonchev–Trinajstić information content (AvgIpc) is 2.69. The first kappa shape index (κ1) is 12.5. The highest BCUT2D eigenvalue weighted by atomic mass is 16.4. The van der Waals surface area contributed by atoms with E-state index in [0.717, 1.165) is 11.2 Å². The minimum absolute atomic E-state index is 0.193. The van der Waals surface area contributed by atoms with Crippen molar-refractivity contribution in [1.82, 2.24) is 19.9 Å². The van der Waals surface area contributed by atoms with Gasteiger partial charge in [-0.3, -0.25) is 9.59 Å². The topological polar surface area (TPSA) is 88.3 Å². The average molecular weight is 252 g/mol. The van der Waals surface area contributed by atoms with Gasteiger partial charge in [-0.15, -0.1) is 5.10 Å². The lowest BCUT2D eigenvalue weighted by Crippen LogP contribution is -2.34. The Labute approximate surface area is 104 Å². The van der Waals surface area contributed by atoms with E-state index < -0.39 is 5.97 Å². The fourth-order valence-electron chi connectivity index (χ4n) is 1.95. The molecule has 1 N–H and O–H groups in total. The zero-order valence-corrected chi connectivity index (χ0v) is 10.2. The maximum absolute atomic E-state index is 12.0. The summed E-state index contributed by atoms with van der Waals surface area (Å²) in [5, 5.41) is 15.9. The number of carbonyl (C=O) groups is 2. The summed E-state index contributed by atoms with van der Waals surface area (Å²) in [6.45, 7) is 0.442. The molecule has 0 atom stereocenters. The summed E-state index contributed by atoms with van der Waals surface area (Å²) < 4.78 is 1.15. The van der Waals surface area contributed by atoms with E-state index in [0.29, 0.717) is 5.92 Å². The Hall–Kier alpha value is -1.92. The molecule has 7 heteroatoms. The molecule has 1 aliphatic carbocycles. The number of carboxylic acids is 1. The Bertz CT molecular complexity index is 453. The van der Waals surface area contributed by atoms with E-state index >= 15 is 0 Å². The molecule has 0 bridgehead atoms. The van der Waals surface area contributed by atoms with Gasteiger partial charge in [-0.2, -0.15) is 0 Å². The number of carboxylic acid groups (broad SMARTS) is 1. The molecular formula is C11H16N4O3. The normalized spacial score (nSPS) is 15.2. The quantitative estimate of drug-likeness (QED) is 0.810. The van der Waals surface area contributed by atoms with Gasteiger partial charge >= 0.3 is 5.97 Å². The fraction of sp³-hybridized carbons (Fsp3) is 0.636. The summed E-state index contributed by atoms with van der Waals surface area (Å²) in [5.41, 5.74) is 0.193. The molecule has 0 aliphatic heterocycles. The van der Waals surface area contributed by atoms with Crippen LogP contribution < -0.4 is 0 Å². The lowest BCUT2D eigenvalue weighted by molar-refractivity contribution is -0.137. The van der Waals surface area contributed by atoms with Crippen molar-refractivity contribution in [2.75, 3.05) is 13.6 Å². The van der Waals surface area contributed by atoms with Crippen molar-refractivity contribution in [2.45, 2.75) is 25.8 Å². The number of aliphatic carboxylic acids is 1. The molecule has 1 aliphatic rings. The van der Waals surface area contributed by atoms with Crippen LogP contribution in [0.2, 0.25) is 0 Å². The molecule has 1 fully saturated rings. The van der Waals surface area contributed by atoms with E-state index in [9.17, 15) is 9.59 Å². The molecular weight excluding hydrogens is 236 g/mol. The smallest absolute Gasteiger partial charge is 0.325 e. The van der Waals surface area contributed by atoms with Crippen molar-refractivity contribution >= 4 is 11.9 Å². The van der Waals surface area contributed by atoms with E-state index in [-0.39, 0.29) is 18.1 Å². The number of amides is 1. The molecule has 0 saturated heterocycles. The van der Waals surface area contributed by atoms with Crippen molar-refractivity contribution in [3.8, 4) is 0 Å². The Morgan fingerprint density at radius 2 is 2.28 bits per heavy atom. The monoisotopic (exact) mass is 252 g/mol. The third kappa shape index (κ3) is 2.85. The molecule has 1 saturated carbocycles. The third-order valence-electron chi connectivity index (χ3n) is 3.16. The molecule has 18 heavy (non-hydrogen) atoms. The molecule has 0 spiro atoms. The van der Waals surface area contributed by atoms with E-state index in [2.05, 4.69) is 10.3 Å². The van der Waals surface area contributed by atoms with Gasteiger partial charge in [-0.1, -0.05) is 11.6 Å². The number of hydrogen-bond acceptors (Lipinski definition) is 4. The first-order valence-corrected chi connectivity index (χ1v) is 5.93. The molecule has 7 nitrogen and oxygen atoms in total. The van der Waals surface area contributed by atoms with Gasteiger partial charge in [-0.25, -0.2) is 4.68 Å². The highest BCUT2D eigenvalue weighted by molar-refractivity contribution is 5.91. The van der Waals surface area contributed by atoms with Crippen molar-refractivity contribution in [2.24, 2.45) is 5.92 Å². The van der Waals surface area contributed by atoms with Gasteiger partial charge in [0.15, 0.2) is 5.69 Å². The van der Waals surface area contributed by atoms with Gasteiger partial charge in [0.1, 0.15) is 6.54 Å². The van der Waals surface area contributed by atoms with Crippen molar-refractivity contribution < 1.29 is 14.7 Å². The Morgan fingerprint density at radius 3 is 2.83 bits per heavy atom. The van der Waals surface area contributed by atoms with Crippen LogP contribution in [0, 0.1) is 5.92 Å². The van der Waals surface area contributed by atoms with E-state index in [1.165, 1.54) is 25.5 Å². The summed E-state index contributed by atoms with van der Waals surface area (Å²) in [5.74, 6) is -0.631. The minimum atomic E-state index is -1.01. The van der Waals surface area contributed by atoms with Crippen LogP contribution in [0.1, 0.15) is 29.8 Å². The SMILES string of the molecule is CN(CC1CCC1)C(=O)c1cn(CC(=O)O)nn1. The predicted octanol–water partition coefficient (Wildman–Crippen LogP) is 0.235. The van der Waals surface area contributed by atoms with Crippen LogP contribution in [-0.2, 0) is 11.3 Å². The highest BCUT2D eigenvalue weighted by Crippen LogP contribution is 2.26. The van der Waals surface area contributed by atoms with E-state index in [4.69, 9.17) is 5.11 Å². The van der Waals surface area contributed by atoms with Gasteiger partial charge in [0, 0.05) is 13.6 Å². The highest BCUT2D eigenvalue weighted by Gasteiger charge is 2.23. The second-order valence-corrected chi connectivity index (χ2v) is 4.68. The summed E-state index contributed by atoms with van der Waals surface area (Å²) >= 11 is 0. The maximum atomic E-state index is 12.0. The van der Waals surface area contributed by atoms with Crippen LogP contribution in [0.15, 0.2) is 6.20 Å². The first-order chi connectivity index (χ1) is 8.56. The molecule has 1 amide bonds. The van der Waals surface area contributed by atoms with Gasteiger partial charge in [0.25, 0.3) is 5.91 Å². The maximum Gasteiger partial charge on any atom is 0.325 e. The fourth-order valence-corrected chi connectivity index (χ4v) is 1.95. The molecule has 0 radical (unpaired) electrons. The summed E-state index contributed by atoms with van der Waals surface area (Å²) in [7, 11) is 1.73. The Kier molecular flexibility index (Phi) is 3.59. The lowest BCUT2D eigenvalue weighted by Gasteiger charge is -2.29. The molecule has 1 aromatic rings. The first-order valence-electron chi connectivity index (χ1n) is 5.93.